The van der Waals surface area contributed by atoms with Gasteiger partial charge in [-0.3, -0.25) is 4.79 Å². The normalized spacial score (nSPS) is 25.8. The standard InChI is InChI=1S/C13H15Cl2NO/c1-16-7-6-11(12(8-16)13(15)17)9-2-4-10(14)5-3-9/h2-5,11-12H,6-8H2,1H3. The summed E-state index contributed by atoms with van der Waals surface area (Å²) in [6, 6.07) is 7.71. The van der Waals surface area contributed by atoms with Crippen LogP contribution in [-0.4, -0.2) is 30.3 Å². The molecule has 2 nitrogen and oxygen atoms in total. The van der Waals surface area contributed by atoms with Crippen molar-refractivity contribution in [3.05, 3.63) is 34.9 Å². The van der Waals surface area contributed by atoms with Crippen molar-refractivity contribution in [2.24, 2.45) is 5.92 Å². The first-order chi connectivity index (χ1) is 8.08. The summed E-state index contributed by atoms with van der Waals surface area (Å²) in [5, 5.41) is 0.479. The van der Waals surface area contributed by atoms with Crippen molar-refractivity contribution in [2.75, 3.05) is 20.1 Å². The van der Waals surface area contributed by atoms with Crippen molar-refractivity contribution in [3.8, 4) is 0 Å². The van der Waals surface area contributed by atoms with Crippen molar-refractivity contribution < 1.29 is 4.79 Å². The molecule has 1 heterocycles. The van der Waals surface area contributed by atoms with E-state index < -0.39 is 0 Å². The summed E-state index contributed by atoms with van der Waals surface area (Å²) < 4.78 is 0. The van der Waals surface area contributed by atoms with Gasteiger partial charge >= 0.3 is 0 Å². The average Bonchev–Trinajstić information content (AvgIpc) is 2.30. The Kier molecular flexibility index (Phi) is 4.08. The molecule has 0 aliphatic carbocycles. The van der Waals surface area contributed by atoms with E-state index in [-0.39, 0.29) is 17.1 Å². The zero-order valence-electron chi connectivity index (χ0n) is 9.70. The van der Waals surface area contributed by atoms with E-state index in [1.165, 1.54) is 0 Å². The molecule has 92 valence electrons. The summed E-state index contributed by atoms with van der Waals surface area (Å²) in [5.74, 6) is 0.102. The lowest BCUT2D eigenvalue weighted by atomic mass is 9.81. The molecule has 0 radical (unpaired) electrons. The second-order valence-corrected chi connectivity index (χ2v) is 5.43. The summed E-state index contributed by atoms with van der Waals surface area (Å²) in [6.07, 6.45) is 0.960. The Morgan fingerprint density at radius 2 is 2.00 bits per heavy atom. The highest BCUT2D eigenvalue weighted by atomic mass is 35.5. The molecule has 4 heteroatoms. The smallest absolute Gasteiger partial charge is 0.226 e. The predicted octanol–water partition coefficient (Wildman–Crippen LogP) is 3.14. The zero-order valence-corrected chi connectivity index (χ0v) is 11.2. The number of rotatable bonds is 2. The third-order valence-electron chi connectivity index (χ3n) is 3.41. The van der Waals surface area contributed by atoms with Gasteiger partial charge in [0.2, 0.25) is 5.24 Å². The molecular weight excluding hydrogens is 257 g/mol. The van der Waals surface area contributed by atoms with E-state index in [1.807, 2.05) is 31.3 Å². The van der Waals surface area contributed by atoms with Crippen molar-refractivity contribution in [3.63, 3.8) is 0 Å². The molecule has 1 aromatic rings. The summed E-state index contributed by atoms with van der Waals surface area (Å²) in [7, 11) is 2.02. The summed E-state index contributed by atoms with van der Waals surface area (Å²) >= 11 is 11.6. The van der Waals surface area contributed by atoms with E-state index in [9.17, 15) is 4.79 Å². The third kappa shape index (κ3) is 3.01. The number of benzene rings is 1. The number of nitrogens with zero attached hydrogens (tertiary/aromatic N) is 1. The molecule has 1 fully saturated rings. The van der Waals surface area contributed by atoms with Crippen LogP contribution >= 0.6 is 23.2 Å². The van der Waals surface area contributed by atoms with Crippen molar-refractivity contribution in [2.45, 2.75) is 12.3 Å². The first-order valence-corrected chi connectivity index (χ1v) is 6.47. The van der Waals surface area contributed by atoms with Gasteiger partial charge in [-0.1, -0.05) is 23.7 Å². The quantitative estimate of drug-likeness (QED) is 0.771. The molecule has 0 N–H and O–H groups in total. The number of likely N-dealkylation sites (tertiary alicyclic amines) is 1. The second-order valence-electron chi connectivity index (χ2n) is 4.62. The summed E-state index contributed by atoms with van der Waals surface area (Å²) in [6.45, 7) is 1.73. The number of carbonyl (C=O) groups is 1. The minimum atomic E-state index is -0.239. The lowest BCUT2D eigenvalue weighted by Gasteiger charge is -2.35. The Labute approximate surface area is 112 Å². The Morgan fingerprint density at radius 1 is 1.35 bits per heavy atom. The maximum absolute atomic E-state index is 11.5. The van der Waals surface area contributed by atoms with Gasteiger partial charge in [0, 0.05) is 11.6 Å². The lowest BCUT2D eigenvalue weighted by molar-refractivity contribution is -0.117. The van der Waals surface area contributed by atoms with Gasteiger partial charge < -0.3 is 4.90 Å². The predicted molar refractivity (Wildman–Crippen MR) is 70.7 cm³/mol. The van der Waals surface area contributed by atoms with Gasteiger partial charge in [-0.05, 0) is 55.2 Å². The molecule has 2 atom stereocenters. The molecule has 1 aliphatic heterocycles. The minimum absolute atomic E-state index is 0.114. The van der Waals surface area contributed by atoms with Crippen LogP contribution in [0, 0.1) is 5.92 Å². The summed E-state index contributed by atoms with van der Waals surface area (Å²) in [4.78, 5) is 13.7. The van der Waals surface area contributed by atoms with Gasteiger partial charge in [-0.2, -0.15) is 0 Å². The largest absolute Gasteiger partial charge is 0.306 e. The van der Waals surface area contributed by atoms with E-state index in [0.29, 0.717) is 0 Å². The molecular formula is C13H15Cl2NO. The van der Waals surface area contributed by atoms with Gasteiger partial charge in [0.1, 0.15) is 0 Å². The van der Waals surface area contributed by atoms with E-state index in [1.54, 1.807) is 0 Å². The fraction of sp³-hybridized carbons (Fsp3) is 0.462. The number of carbonyl (C=O) groups excluding carboxylic acids is 1. The minimum Gasteiger partial charge on any atom is -0.306 e. The highest BCUT2D eigenvalue weighted by Gasteiger charge is 2.33. The van der Waals surface area contributed by atoms with Crippen LogP contribution in [0.4, 0.5) is 0 Å². The van der Waals surface area contributed by atoms with Gasteiger partial charge in [0.05, 0.1) is 5.92 Å². The Bertz CT molecular complexity index is 404. The van der Waals surface area contributed by atoms with Crippen LogP contribution in [-0.2, 0) is 4.79 Å². The van der Waals surface area contributed by atoms with Crippen LogP contribution in [0.25, 0.3) is 0 Å². The Balaban J connectivity index is 2.23. The second kappa shape index (κ2) is 5.38. The SMILES string of the molecule is CN1CCC(c2ccc(Cl)cc2)C(C(=O)Cl)C1. The molecule has 0 aromatic heterocycles. The van der Waals surface area contributed by atoms with E-state index >= 15 is 0 Å². The zero-order chi connectivity index (χ0) is 12.4. The fourth-order valence-electron chi connectivity index (χ4n) is 2.45. The lowest BCUT2D eigenvalue weighted by Crippen LogP contribution is -2.39. The summed E-state index contributed by atoms with van der Waals surface area (Å²) in [5.41, 5.74) is 1.15. The van der Waals surface area contributed by atoms with Gasteiger partial charge in [-0.15, -0.1) is 0 Å². The van der Waals surface area contributed by atoms with Crippen LogP contribution in [0.2, 0.25) is 5.02 Å². The van der Waals surface area contributed by atoms with Gasteiger partial charge in [0.15, 0.2) is 0 Å². The van der Waals surface area contributed by atoms with E-state index in [0.717, 1.165) is 30.1 Å². The average molecular weight is 272 g/mol. The van der Waals surface area contributed by atoms with Crippen LogP contribution < -0.4 is 0 Å². The maximum Gasteiger partial charge on any atom is 0.226 e. The van der Waals surface area contributed by atoms with Crippen LogP contribution in [0.15, 0.2) is 24.3 Å². The molecule has 0 bridgehead atoms. The third-order valence-corrected chi connectivity index (χ3v) is 3.94. The molecule has 2 rings (SSSR count). The number of hydrogen-bond acceptors (Lipinski definition) is 2. The molecule has 1 aromatic carbocycles. The number of piperidine rings is 1. The van der Waals surface area contributed by atoms with Crippen molar-refractivity contribution in [1.29, 1.82) is 0 Å². The fourth-order valence-corrected chi connectivity index (χ4v) is 2.80. The molecule has 0 saturated carbocycles. The molecule has 17 heavy (non-hydrogen) atoms. The van der Waals surface area contributed by atoms with E-state index in [4.69, 9.17) is 23.2 Å². The first-order valence-electron chi connectivity index (χ1n) is 5.71. The van der Waals surface area contributed by atoms with Gasteiger partial charge in [-0.25, -0.2) is 0 Å². The van der Waals surface area contributed by atoms with E-state index in [2.05, 4.69) is 4.90 Å². The maximum atomic E-state index is 11.5. The monoisotopic (exact) mass is 271 g/mol. The van der Waals surface area contributed by atoms with Crippen molar-refractivity contribution in [1.82, 2.24) is 4.90 Å². The topological polar surface area (TPSA) is 20.3 Å². The highest BCUT2D eigenvalue weighted by molar-refractivity contribution is 6.64. The first kappa shape index (κ1) is 12.9. The molecule has 2 unspecified atom stereocenters. The van der Waals surface area contributed by atoms with Crippen LogP contribution in [0.1, 0.15) is 17.9 Å². The number of halogens is 2. The Morgan fingerprint density at radius 3 is 2.59 bits per heavy atom. The Hall–Kier alpha value is -0.570. The molecule has 1 aliphatic rings. The molecule has 1 saturated heterocycles. The van der Waals surface area contributed by atoms with Crippen molar-refractivity contribution >= 4 is 28.4 Å². The number of hydrogen-bond donors (Lipinski definition) is 0. The van der Waals surface area contributed by atoms with Crippen LogP contribution in [0.5, 0.6) is 0 Å². The molecule has 0 spiro atoms. The highest BCUT2D eigenvalue weighted by Crippen LogP contribution is 2.34. The van der Waals surface area contributed by atoms with Crippen LogP contribution in [0.3, 0.4) is 0 Å². The molecule has 0 amide bonds. The van der Waals surface area contributed by atoms with Gasteiger partial charge in [0.25, 0.3) is 0 Å².